The van der Waals surface area contributed by atoms with Crippen LogP contribution in [0.4, 0.5) is 43.5 Å². The van der Waals surface area contributed by atoms with Crippen molar-refractivity contribution in [2.75, 3.05) is 9.62 Å². The molecule has 1 aliphatic rings. The Hall–Kier alpha value is -4.05. The van der Waals surface area contributed by atoms with Gasteiger partial charge in [0.15, 0.2) is 5.60 Å². The van der Waals surface area contributed by atoms with E-state index in [2.05, 4.69) is 15.0 Å². The number of halogens is 6. The third-order valence-electron chi connectivity index (χ3n) is 6.35. The fourth-order valence-corrected chi connectivity index (χ4v) is 5.64. The molecule has 0 aliphatic carbocycles. The zero-order valence-electron chi connectivity index (χ0n) is 21.1. The molecular weight excluding hydrogens is 584 g/mol. The van der Waals surface area contributed by atoms with Crippen LogP contribution in [-0.4, -0.2) is 35.9 Å². The molecular formula is C25H21F6N3O6S. The standard InChI is InChI=1S/C25H21F6N3O6S/c1-13(2)23(37,22(35)36)15-4-9-18-19(11-15)34(12-14-3-10-20(24(26,27)28)33-21(14)32-18)41(38,39)17-7-5-16(6-8-17)40-25(29,30)31/h3-11,13,37H,12H2,1-2H3,(H,32,33)(H,35,36). The molecule has 0 spiro atoms. The molecule has 0 fully saturated rings. The summed E-state index contributed by atoms with van der Waals surface area (Å²) < 4.78 is 110. The predicted octanol–water partition coefficient (Wildman–Crippen LogP) is 5.38. The molecule has 4 rings (SSSR count). The van der Waals surface area contributed by atoms with Gasteiger partial charge in [-0.2, -0.15) is 13.2 Å². The first kappa shape index (κ1) is 29.9. The fourth-order valence-electron chi connectivity index (χ4n) is 4.19. The number of aliphatic hydroxyl groups is 1. The maximum absolute atomic E-state index is 13.8. The van der Waals surface area contributed by atoms with Gasteiger partial charge >= 0.3 is 18.5 Å². The number of fused-ring (bicyclic) bond motifs is 2. The molecule has 3 N–H and O–H groups in total. The number of aliphatic carboxylic acids is 1. The highest BCUT2D eigenvalue weighted by Gasteiger charge is 2.43. The molecule has 3 aromatic rings. The number of pyridine rings is 1. The fraction of sp³-hybridized carbons (Fsp3) is 0.280. The minimum atomic E-state index is -5.03. The van der Waals surface area contributed by atoms with Gasteiger partial charge in [-0.3, -0.25) is 4.31 Å². The van der Waals surface area contributed by atoms with E-state index in [1.807, 2.05) is 0 Å². The lowest BCUT2D eigenvalue weighted by molar-refractivity contribution is -0.274. The number of alkyl halides is 6. The summed E-state index contributed by atoms with van der Waals surface area (Å²) >= 11 is 0. The van der Waals surface area contributed by atoms with Crippen molar-refractivity contribution < 1.29 is 54.5 Å². The number of anilines is 3. The normalized spacial score (nSPS) is 15.3. The Balaban J connectivity index is 1.91. The van der Waals surface area contributed by atoms with Gasteiger partial charge in [0.05, 0.1) is 22.8 Å². The number of hydrogen-bond donors (Lipinski definition) is 3. The van der Waals surface area contributed by atoms with E-state index in [0.29, 0.717) is 6.07 Å². The van der Waals surface area contributed by atoms with Crippen molar-refractivity contribution in [3.63, 3.8) is 0 Å². The van der Waals surface area contributed by atoms with Crippen molar-refractivity contribution in [3.05, 3.63) is 71.4 Å². The molecule has 0 bridgehead atoms. The average Bonchev–Trinajstić information content (AvgIpc) is 3.03. The number of carboxylic acid groups (broad SMARTS) is 1. The van der Waals surface area contributed by atoms with Crippen molar-refractivity contribution >= 4 is 33.2 Å². The van der Waals surface area contributed by atoms with Crippen LogP contribution in [-0.2, 0) is 33.1 Å². The summed E-state index contributed by atoms with van der Waals surface area (Å²) in [6, 6.07) is 8.28. The molecule has 220 valence electrons. The number of aromatic nitrogens is 1. The Kier molecular flexibility index (Phi) is 7.37. The highest BCUT2D eigenvalue weighted by Crippen LogP contribution is 2.43. The van der Waals surface area contributed by atoms with Gasteiger partial charge in [0.25, 0.3) is 10.0 Å². The Morgan fingerprint density at radius 3 is 2.20 bits per heavy atom. The van der Waals surface area contributed by atoms with E-state index < -0.39 is 62.9 Å². The number of carboxylic acids is 1. The van der Waals surface area contributed by atoms with E-state index in [4.69, 9.17) is 0 Å². The second-order valence-corrected chi connectivity index (χ2v) is 11.2. The van der Waals surface area contributed by atoms with Gasteiger partial charge in [0.2, 0.25) is 0 Å². The topological polar surface area (TPSA) is 129 Å². The molecule has 1 atom stereocenters. The van der Waals surface area contributed by atoms with E-state index in [1.54, 1.807) is 0 Å². The van der Waals surface area contributed by atoms with Crippen LogP contribution in [0.25, 0.3) is 0 Å². The zero-order chi connectivity index (χ0) is 30.5. The van der Waals surface area contributed by atoms with Gasteiger partial charge in [-0.05, 0) is 53.9 Å². The van der Waals surface area contributed by atoms with Crippen LogP contribution in [0.5, 0.6) is 5.75 Å². The van der Waals surface area contributed by atoms with Gasteiger partial charge in [0.1, 0.15) is 17.3 Å². The van der Waals surface area contributed by atoms with Crippen molar-refractivity contribution in [2.45, 2.75) is 43.4 Å². The molecule has 1 aliphatic heterocycles. The SMILES string of the molecule is CC(C)C(O)(C(=O)O)c1ccc2c(c1)N(S(=O)(=O)c1ccc(OC(F)(F)F)cc1)Cc1ccc(C(F)(F)F)nc1N2. The minimum absolute atomic E-state index is 0.00583. The summed E-state index contributed by atoms with van der Waals surface area (Å²) in [6.45, 7) is 2.21. The highest BCUT2D eigenvalue weighted by atomic mass is 32.2. The lowest BCUT2D eigenvalue weighted by Gasteiger charge is -2.30. The first-order chi connectivity index (χ1) is 18.8. The number of benzene rings is 2. The predicted molar refractivity (Wildman–Crippen MR) is 132 cm³/mol. The molecule has 0 saturated heterocycles. The van der Waals surface area contributed by atoms with Crippen molar-refractivity contribution in [3.8, 4) is 5.75 Å². The number of sulfonamides is 1. The van der Waals surface area contributed by atoms with Gasteiger partial charge in [0, 0.05) is 5.56 Å². The van der Waals surface area contributed by atoms with Crippen LogP contribution >= 0.6 is 0 Å². The van der Waals surface area contributed by atoms with Gasteiger partial charge in [-0.25, -0.2) is 18.2 Å². The maximum Gasteiger partial charge on any atom is 0.573 e. The number of rotatable bonds is 6. The summed E-state index contributed by atoms with van der Waals surface area (Å²) in [5.41, 5.74) is -4.35. The minimum Gasteiger partial charge on any atom is -0.479 e. The molecule has 16 heteroatoms. The molecule has 2 heterocycles. The van der Waals surface area contributed by atoms with E-state index in [-0.39, 0.29) is 28.3 Å². The Labute approximate surface area is 229 Å². The van der Waals surface area contributed by atoms with Crippen molar-refractivity contribution in [2.24, 2.45) is 5.92 Å². The number of ether oxygens (including phenoxy) is 1. The van der Waals surface area contributed by atoms with Crippen molar-refractivity contribution in [1.82, 2.24) is 4.98 Å². The largest absolute Gasteiger partial charge is 0.573 e. The number of nitrogens with zero attached hydrogens (tertiary/aromatic N) is 2. The van der Waals surface area contributed by atoms with Gasteiger partial charge < -0.3 is 20.3 Å². The highest BCUT2D eigenvalue weighted by molar-refractivity contribution is 7.92. The Bertz CT molecular complexity index is 1590. The van der Waals surface area contributed by atoms with Crippen LogP contribution in [0, 0.1) is 5.92 Å². The van der Waals surface area contributed by atoms with Crippen LogP contribution < -0.4 is 14.4 Å². The Morgan fingerprint density at radius 1 is 1.02 bits per heavy atom. The average molecular weight is 606 g/mol. The second-order valence-electron chi connectivity index (χ2n) is 9.32. The molecule has 2 aromatic carbocycles. The lowest BCUT2D eigenvalue weighted by Crippen LogP contribution is -2.41. The molecule has 9 nitrogen and oxygen atoms in total. The quantitative estimate of drug-likeness (QED) is 0.320. The van der Waals surface area contributed by atoms with Crippen molar-refractivity contribution in [1.29, 1.82) is 0 Å². The van der Waals surface area contributed by atoms with Crippen LogP contribution in [0.3, 0.4) is 0 Å². The summed E-state index contributed by atoms with van der Waals surface area (Å²) in [6.07, 6.45) is -9.85. The molecule has 41 heavy (non-hydrogen) atoms. The first-order valence-corrected chi connectivity index (χ1v) is 13.1. The van der Waals surface area contributed by atoms with Crippen LogP contribution in [0.2, 0.25) is 0 Å². The monoisotopic (exact) mass is 605 g/mol. The summed E-state index contributed by atoms with van der Waals surface area (Å²) in [4.78, 5) is 15.1. The summed E-state index contributed by atoms with van der Waals surface area (Å²) in [5.74, 6) is -3.58. The van der Waals surface area contributed by atoms with E-state index in [9.17, 15) is 49.8 Å². The third kappa shape index (κ3) is 5.74. The molecule has 1 unspecified atom stereocenters. The van der Waals surface area contributed by atoms with Crippen LogP contribution in [0.15, 0.2) is 59.5 Å². The smallest absolute Gasteiger partial charge is 0.479 e. The van der Waals surface area contributed by atoms with Crippen LogP contribution in [0.1, 0.15) is 30.7 Å². The van der Waals surface area contributed by atoms with Gasteiger partial charge in [-0.1, -0.05) is 26.0 Å². The molecule has 0 radical (unpaired) electrons. The molecule has 0 saturated carbocycles. The summed E-state index contributed by atoms with van der Waals surface area (Å²) in [7, 11) is -4.67. The van der Waals surface area contributed by atoms with Gasteiger partial charge in [-0.15, -0.1) is 13.2 Å². The Morgan fingerprint density at radius 2 is 1.66 bits per heavy atom. The van der Waals surface area contributed by atoms with E-state index >= 15 is 0 Å². The third-order valence-corrected chi connectivity index (χ3v) is 8.12. The number of carbonyl (C=O) groups is 1. The zero-order valence-corrected chi connectivity index (χ0v) is 21.9. The first-order valence-electron chi connectivity index (χ1n) is 11.7. The van der Waals surface area contributed by atoms with E-state index in [1.165, 1.54) is 26.0 Å². The maximum atomic E-state index is 13.8. The molecule has 1 aromatic heterocycles. The summed E-state index contributed by atoms with van der Waals surface area (Å²) in [5, 5.41) is 23.4. The number of nitrogens with one attached hydrogen (secondary N) is 1. The second kappa shape index (κ2) is 10.1. The number of hydrogen-bond acceptors (Lipinski definition) is 7. The molecule has 0 amide bonds. The lowest BCUT2D eigenvalue weighted by atomic mass is 9.83. The van der Waals surface area contributed by atoms with E-state index in [0.717, 1.165) is 40.7 Å².